The Morgan fingerprint density at radius 1 is 1.00 bits per heavy atom. The molecule has 0 aliphatic heterocycles. The van der Waals surface area contributed by atoms with Crippen LogP contribution in [0.5, 0.6) is 0 Å². The quantitative estimate of drug-likeness (QED) is 0.744. The lowest BCUT2D eigenvalue weighted by Crippen LogP contribution is -1.98. The van der Waals surface area contributed by atoms with Crippen molar-refractivity contribution < 1.29 is 0 Å². The van der Waals surface area contributed by atoms with Crippen LogP contribution in [0.2, 0.25) is 5.02 Å². The van der Waals surface area contributed by atoms with Crippen LogP contribution >= 0.6 is 11.6 Å². The van der Waals surface area contributed by atoms with Gasteiger partial charge >= 0.3 is 0 Å². The summed E-state index contributed by atoms with van der Waals surface area (Å²) >= 11 is 5.99. The highest BCUT2D eigenvalue weighted by Gasteiger charge is 2.06. The van der Waals surface area contributed by atoms with Gasteiger partial charge in [0.05, 0.1) is 5.52 Å². The molecule has 0 saturated heterocycles. The summed E-state index contributed by atoms with van der Waals surface area (Å²) in [6.07, 6.45) is 1.55. The molecule has 1 aromatic heterocycles. The van der Waals surface area contributed by atoms with E-state index in [0.29, 0.717) is 5.02 Å². The Kier molecular flexibility index (Phi) is 3.28. The summed E-state index contributed by atoms with van der Waals surface area (Å²) in [4.78, 5) is 8.58. The second-order valence-corrected chi connectivity index (χ2v) is 5.26. The van der Waals surface area contributed by atoms with Crippen molar-refractivity contribution in [3.05, 3.63) is 58.9 Å². The van der Waals surface area contributed by atoms with Crippen molar-refractivity contribution in [1.82, 2.24) is 9.97 Å². The lowest BCUT2D eigenvalue weighted by molar-refractivity contribution is 1.21. The van der Waals surface area contributed by atoms with Gasteiger partial charge in [0.2, 0.25) is 0 Å². The SMILES string of the molecule is Cc1ccc(Nc2ncnc3cc(Cl)ccc23)c(C)c1. The van der Waals surface area contributed by atoms with Crippen molar-refractivity contribution in [2.24, 2.45) is 0 Å². The summed E-state index contributed by atoms with van der Waals surface area (Å²) in [7, 11) is 0. The molecule has 0 spiro atoms. The molecule has 0 atom stereocenters. The third kappa shape index (κ3) is 2.45. The molecule has 0 amide bonds. The predicted molar refractivity (Wildman–Crippen MR) is 83.7 cm³/mol. The van der Waals surface area contributed by atoms with Crippen LogP contribution < -0.4 is 5.32 Å². The van der Waals surface area contributed by atoms with Gasteiger partial charge in [0.15, 0.2) is 0 Å². The van der Waals surface area contributed by atoms with Gasteiger partial charge in [-0.1, -0.05) is 29.3 Å². The molecule has 3 nitrogen and oxygen atoms in total. The average Bonchev–Trinajstić information content (AvgIpc) is 2.41. The number of fused-ring (bicyclic) bond motifs is 1. The normalized spacial score (nSPS) is 10.8. The maximum Gasteiger partial charge on any atom is 0.141 e. The molecule has 0 unspecified atom stereocenters. The summed E-state index contributed by atoms with van der Waals surface area (Å²) < 4.78 is 0. The third-order valence-electron chi connectivity index (χ3n) is 3.23. The molecule has 0 radical (unpaired) electrons. The highest BCUT2D eigenvalue weighted by atomic mass is 35.5. The van der Waals surface area contributed by atoms with Crippen LogP contribution in [0.3, 0.4) is 0 Å². The molecular formula is C16H14ClN3. The van der Waals surface area contributed by atoms with Gasteiger partial charge in [-0.2, -0.15) is 0 Å². The van der Waals surface area contributed by atoms with Gasteiger partial charge in [-0.3, -0.25) is 0 Å². The Morgan fingerprint density at radius 2 is 1.85 bits per heavy atom. The summed E-state index contributed by atoms with van der Waals surface area (Å²) in [5.74, 6) is 0.790. The van der Waals surface area contributed by atoms with E-state index in [-0.39, 0.29) is 0 Å². The second kappa shape index (κ2) is 5.10. The number of benzene rings is 2. The van der Waals surface area contributed by atoms with Crippen molar-refractivity contribution in [2.75, 3.05) is 5.32 Å². The van der Waals surface area contributed by atoms with E-state index in [0.717, 1.165) is 22.4 Å². The van der Waals surface area contributed by atoms with Gasteiger partial charge in [-0.15, -0.1) is 0 Å². The van der Waals surface area contributed by atoms with Crippen molar-refractivity contribution >= 4 is 34.0 Å². The molecule has 20 heavy (non-hydrogen) atoms. The van der Waals surface area contributed by atoms with Crippen LogP contribution in [0, 0.1) is 13.8 Å². The first-order chi connectivity index (χ1) is 9.63. The topological polar surface area (TPSA) is 37.8 Å². The maximum atomic E-state index is 5.99. The minimum absolute atomic E-state index is 0.675. The Morgan fingerprint density at radius 3 is 2.65 bits per heavy atom. The maximum absolute atomic E-state index is 5.99. The lowest BCUT2D eigenvalue weighted by atomic mass is 10.1. The van der Waals surface area contributed by atoms with Crippen molar-refractivity contribution in [1.29, 1.82) is 0 Å². The smallest absolute Gasteiger partial charge is 0.141 e. The van der Waals surface area contributed by atoms with Crippen molar-refractivity contribution in [3.63, 3.8) is 0 Å². The van der Waals surface area contributed by atoms with E-state index in [2.05, 4.69) is 47.3 Å². The molecule has 3 aromatic rings. The first-order valence-electron chi connectivity index (χ1n) is 6.38. The predicted octanol–water partition coefficient (Wildman–Crippen LogP) is 4.64. The number of nitrogens with zero attached hydrogens (tertiary/aromatic N) is 2. The summed E-state index contributed by atoms with van der Waals surface area (Å²) in [6, 6.07) is 11.9. The number of halogens is 1. The minimum Gasteiger partial charge on any atom is -0.339 e. The summed E-state index contributed by atoms with van der Waals surface area (Å²) in [5, 5.41) is 5.00. The molecule has 0 bridgehead atoms. The highest BCUT2D eigenvalue weighted by Crippen LogP contribution is 2.26. The Bertz CT molecular complexity index is 784. The fourth-order valence-electron chi connectivity index (χ4n) is 2.21. The zero-order chi connectivity index (χ0) is 14.1. The van der Waals surface area contributed by atoms with Gasteiger partial charge in [-0.25, -0.2) is 9.97 Å². The van der Waals surface area contributed by atoms with E-state index >= 15 is 0 Å². The Hall–Kier alpha value is -2.13. The molecule has 3 rings (SSSR count). The number of aryl methyl sites for hydroxylation is 2. The lowest BCUT2D eigenvalue weighted by Gasteiger charge is -2.11. The van der Waals surface area contributed by atoms with Crippen LogP contribution in [0.4, 0.5) is 11.5 Å². The molecule has 1 heterocycles. The largest absolute Gasteiger partial charge is 0.339 e. The van der Waals surface area contributed by atoms with Crippen molar-refractivity contribution in [2.45, 2.75) is 13.8 Å². The first-order valence-corrected chi connectivity index (χ1v) is 6.76. The first kappa shape index (κ1) is 12.9. The van der Waals surface area contributed by atoms with E-state index in [9.17, 15) is 0 Å². The Balaban J connectivity index is 2.06. The van der Waals surface area contributed by atoms with Crippen LogP contribution in [0.15, 0.2) is 42.7 Å². The fourth-order valence-corrected chi connectivity index (χ4v) is 2.38. The fraction of sp³-hybridized carbons (Fsp3) is 0.125. The van der Waals surface area contributed by atoms with E-state index in [1.807, 2.05) is 18.2 Å². The molecule has 4 heteroatoms. The summed E-state index contributed by atoms with van der Waals surface area (Å²) in [6.45, 7) is 4.16. The average molecular weight is 284 g/mol. The monoisotopic (exact) mass is 283 g/mol. The Labute approximate surface area is 122 Å². The molecule has 2 aromatic carbocycles. The van der Waals surface area contributed by atoms with Crippen LogP contribution in [0.1, 0.15) is 11.1 Å². The van der Waals surface area contributed by atoms with E-state index in [1.165, 1.54) is 11.1 Å². The standard InChI is InChI=1S/C16H14ClN3/c1-10-3-6-14(11(2)7-10)20-16-13-5-4-12(17)8-15(13)18-9-19-16/h3-9H,1-2H3,(H,18,19,20). The molecule has 0 fully saturated rings. The van der Waals surface area contributed by atoms with Crippen LogP contribution in [-0.4, -0.2) is 9.97 Å². The highest BCUT2D eigenvalue weighted by molar-refractivity contribution is 6.31. The molecule has 100 valence electrons. The third-order valence-corrected chi connectivity index (χ3v) is 3.47. The minimum atomic E-state index is 0.675. The summed E-state index contributed by atoms with van der Waals surface area (Å²) in [5.41, 5.74) is 4.31. The molecule has 0 aliphatic rings. The molecule has 1 N–H and O–H groups in total. The van der Waals surface area contributed by atoms with Crippen molar-refractivity contribution in [3.8, 4) is 0 Å². The van der Waals surface area contributed by atoms with Gasteiger partial charge in [0, 0.05) is 16.1 Å². The van der Waals surface area contributed by atoms with Crippen LogP contribution in [0.25, 0.3) is 10.9 Å². The van der Waals surface area contributed by atoms with Gasteiger partial charge in [-0.05, 0) is 43.7 Å². The number of hydrogen-bond acceptors (Lipinski definition) is 3. The van der Waals surface area contributed by atoms with E-state index in [1.54, 1.807) is 6.33 Å². The number of hydrogen-bond donors (Lipinski definition) is 1. The van der Waals surface area contributed by atoms with Gasteiger partial charge in [0.25, 0.3) is 0 Å². The zero-order valence-electron chi connectivity index (χ0n) is 11.3. The second-order valence-electron chi connectivity index (χ2n) is 4.83. The molecular weight excluding hydrogens is 270 g/mol. The number of nitrogens with one attached hydrogen (secondary N) is 1. The van der Waals surface area contributed by atoms with E-state index < -0.39 is 0 Å². The number of rotatable bonds is 2. The molecule has 0 saturated carbocycles. The number of aromatic nitrogens is 2. The van der Waals surface area contributed by atoms with E-state index in [4.69, 9.17) is 11.6 Å². The molecule has 0 aliphatic carbocycles. The van der Waals surface area contributed by atoms with Crippen LogP contribution in [-0.2, 0) is 0 Å². The van der Waals surface area contributed by atoms with Gasteiger partial charge < -0.3 is 5.32 Å². The van der Waals surface area contributed by atoms with Gasteiger partial charge in [0.1, 0.15) is 12.1 Å². The number of anilines is 2. The zero-order valence-corrected chi connectivity index (χ0v) is 12.1.